The third-order valence-electron chi connectivity index (χ3n) is 2.71. The highest BCUT2D eigenvalue weighted by atomic mass is 16.3. The first-order valence-corrected chi connectivity index (χ1v) is 4.84. The largest absolute Gasteiger partial charge is 0.465 e. The normalized spacial score (nSPS) is 16.2. The van der Waals surface area contributed by atoms with Crippen LogP contribution in [0.15, 0.2) is 16.5 Å². The smallest absolute Gasteiger partial charge is 0.121 e. The van der Waals surface area contributed by atoms with Crippen molar-refractivity contribution in [1.29, 1.82) is 0 Å². The van der Waals surface area contributed by atoms with Gasteiger partial charge < -0.3 is 10.2 Å². The third-order valence-corrected chi connectivity index (χ3v) is 2.71. The molecule has 2 heteroatoms. The van der Waals surface area contributed by atoms with Crippen LogP contribution in [0.4, 0.5) is 0 Å². The van der Waals surface area contributed by atoms with Gasteiger partial charge in [-0.1, -0.05) is 20.8 Å². The second-order valence-corrected chi connectivity index (χ2v) is 4.08. The minimum Gasteiger partial charge on any atom is -0.465 e. The highest BCUT2D eigenvalue weighted by molar-refractivity contribution is 5.10. The van der Waals surface area contributed by atoms with E-state index in [1.165, 1.54) is 0 Å². The van der Waals surface area contributed by atoms with Crippen LogP contribution in [0.5, 0.6) is 0 Å². The third kappa shape index (κ3) is 2.34. The minimum atomic E-state index is 0.0219. The quantitative estimate of drug-likeness (QED) is 0.778. The lowest BCUT2D eigenvalue weighted by atomic mass is 9.90. The molecule has 1 rings (SSSR count). The van der Waals surface area contributed by atoms with E-state index in [1.54, 1.807) is 0 Å². The average molecular weight is 181 g/mol. The summed E-state index contributed by atoms with van der Waals surface area (Å²) >= 11 is 0. The van der Waals surface area contributed by atoms with E-state index in [0.717, 1.165) is 11.5 Å². The van der Waals surface area contributed by atoms with Crippen molar-refractivity contribution in [2.24, 2.45) is 17.6 Å². The molecule has 0 aliphatic heterocycles. The molecule has 1 heterocycles. The predicted molar refractivity (Wildman–Crippen MR) is 54.4 cm³/mol. The zero-order valence-electron chi connectivity index (χ0n) is 8.87. The maximum atomic E-state index is 6.06. The summed E-state index contributed by atoms with van der Waals surface area (Å²) in [5, 5.41) is 0. The number of nitrogens with two attached hydrogens (primary N) is 1. The van der Waals surface area contributed by atoms with E-state index in [-0.39, 0.29) is 6.04 Å². The molecule has 13 heavy (non-hydrogen) atoms. The van der Waals surface area contributed by atoms with Gasteiger partial charge in [-0.2, -0.15) is 0 Å². The van der Waals surface area contributed by atoms with Crippen LogP contribution in [-0.2, 0) is 0 Å². The molecule has 2 atom stereocenters. The van der Waals surface area contributed by atoms with Crippen molar-refractivity contribution in [2.45, 2.75) is 33.7 Å². The number of aryl methyl sites for hydroxylation is 1. The lowest BCUT2D eigenvalue weighted by Gasteiger charge is -2.21. The van der Waals surface area contributed by atoms with Crippen molar-refractivity contribution >= 4 is 0 Å². The molecular weight excluding hydrogens is 162 g/mol. The van der Waals surface area contributed by atoms with Crippen LogP contribution in [-0.4, -0.2) is 0 Å². The molecule has 2 unspecified atom stereocenters. The van der Waals surface area contributed by atoms with Gasteiger partial charge in [0.1, 0.15) is 11.5 Å². The fourth-order valence-corrected chi connectivity index (χ4v) is 1.31. The van der Waals surface area contributed by atoms with Crippen LogP contribution in [0, 0.1) is 18.8 Å². The molecule has 0 spiro atoms. The molecule has 0 aliphatic rings. The van der Waals surface area contributed by atoms with Crippen LogP contribution >= 0.6 is 0 Å². The van der Waals surface area contributed by atoms with E-state index in [9.17, 15) is 0 Å². The monoisotopic (exact) mass is 181 g/mol. The Hall–Kier alpha value is -0.760. The molecule has 2 N–H and O–H groups in total. The van der Waals surface area contributed by atoms with Crippen LogP contribution in [0.25, 0.3) is 0 Å². The molecule has 0 amide bonds. The van der Waals surface area contributed by atoms with Gasteiger partial charge in [0.15, 0.2) is 0 Å². The van der Waals surface area contributed by atoms with E-state index in [2.05, 4.69) is 20.8 Å². The fraction of sp³-hybridized carbons (Fsp3) is 0.636. The molecular formula is C11H19NO. The summed E-state index contributed by atoms with van der Waals surface area (Å²) in [6, 6.07) is 3.95. The molecule has 0 aromatic carbocycles. The Morgan fingerprint density at radius 3 is 2.23 bits per heavy atom. The first-order chi connectivity index (χ1) is 6.02. The Labute approximate surface area is 80.1 Å². The van der Waals surface area contributed by atoms with E-state index >= 15 is 0 Å². The van der Waals surface area contributed by atoms with Crippen molar-refractivity contribution in [3.8, 4) is 0 Å². The summed E-state index contributed by atoms with van der Waals surface area (Å²) in [6.45, 7) is 8.46. The second-order valence-electron chi connectivity index (χ2n) is 4.08. The van der Waals surface area contributed by atoms with Crippen LogP contribution in [0.2, 0.25) is 0 Å². The van der Waals surface area contributed by atoms with Gasteiger partial charge in [0.05, 0.1) is 6.04 Å². The van der Waals surface area contributed by atoms with Crippen molar-refractivity contribution < 1.29 is 4.42 Å². The van der Waals surface area contributed by atoms with Crippen LogP contribution in [0.1, 0.15) is 38.3 Å². The maximum Gasteiger partial charge on any atom is 0.121 e. The first-order valence-electron chi connectivity index (χ1n) is 4.84. The van der Waals surface area contributed by atoms with Gasteiger partial charge in [-0.3, -0.25) is 0 Å². The van der Waals surface area contributed by atoms with Crippen LogP contribution < -0.4 is 5.73 Å². The lowest BCUT2D eigenvalue weighted by molar-refractivity contribution is 0.308. The van der Waals surface area contributed by atoms with Crippen molar-refractivity contribution in [2.75, 3.05) is 0 Å². The highest BCUT2D eigenvalue weighted by Gasteiger charge is 2.20. The number of furan rings is 1. The Balaban J connectivity index is 2.73. The summed E-state index contributed by atoms with van der Waals surface area (Å²) in [5.41, 5.74) is 6.06. The van der Waals surface area contributed by atoms with Gasteiger partial charge in [-0.15, -0.1) is 0 Å². The zero-order chi connectivity index (χ0) is 10.0. The minimum absolute atomic E-state index is 0.0219. The number of rotatable bonds is 3. The van der Waals surface area contributed by atoms with Gasteiger partial charge in [0, 0.05) is 0 Å². The molecule has 0 radical (unpaired) electrons. The molecule has 0 saturated heterocycles. The first kappa shape index (κ1) is 10.3. The average Bonchev–Trinajstić information content (AvgIpc) is 2.49. The highest BCUT2D eigenvalue weighted by Crippen LogP contribution is 2.26. The molecule has 0 fully saturated rings. The van der Waals surface area contributed by atoms with Gasteiger partial charge in [-0.05, 0) is 30.9 Å². The maximum absolute atomic E-state index is 6.06. The molecule has 1 aromatic rings. The molecule has 0 aliphatic carbocycles. The van der Waals surface area contributed by atoms with Crippen molar-refractivity contribution in [3.63, 3.8) is 0 Å². The van der Waals surface area contributed by atoms with Gasteiger partial charge in [0.2, 0.25) is 0 Å². The van der Waals surface area contributed by atoms with E-state index in [4.69, 9.17) is 10.2 Å². The summed E-state index contributed by atoms with van der Waals surface area (Å²) < 4.78 is 5.49. The number of hydrogen-bond donors (Lipinski definition) is 1. The standard InChI is InChI=1S/C11H19NO/c1-7(2)9(4)11(12)10-6-5-8(3)13-10/h5-7,9,11H,12H2,1-4H3. The topological polar surface area (TPSA) is 39.2 Å². The molecule has 0 saturated carbocycles. The Kier molecular flexibility index (Phi) is 3.15. The summed E-state index contributed by atoms with van der Waals surface area (Å²) in [7, 11) is 0. The lowest BCUT2D eigenvalue weighted by Crippen LogP contribution is -2.22. The van der Waals surface area contributed by atoms with Crippen molar-refractivity contribution in [1.82, 2.24) is 0 Å². The fourth-order valence-electron chi connectivity index (χ4n) is 1.31. The van der Waals surface area contributed by atoms with E-state index < -0.39 is 0 Å². The molecule has 0 bridgehead atoms. The number of hydrogen-bond acceptors (Lipinski definition) is 2. The summed E-state index contributed by atoms with van der Waals surface area (Å²) in [6.07, 6.45) is 0. The zero-order valence-corrected chi connectivity index (χ0v) is 8.87. The van der Waals surface area contributed by atoms with Gasteiger partial charge in [-0.25, -0.2) is 0 Å². The Morgan fingerprint density at radius 1 is 1.23 bits per heavy atom. The summed E-state index contributed by atoms with van der Waals surface area (Å²) in [5.74, 6) is 2.87. The molecule has 1 aromatic heterocycles. The SMILES string of the molecule is Cc1ccc(C(N)C(C)C(C)C)o1. The van der Waals surface area contributed by atoms with E-state index in [1.807, 2.05) is 19.1 Å². The van der Waals surface area contributed by atoms with Crippen LogP contribution in [0.3, 0.4) is 0 Å². The van der Waals surface area contributed by atoms with Gasteiger partial charge >= 0.3 is 0 Å². The second kappa shape index (κ2) is 3.97. The summed E-state index contributed by atoms with van der Waals surface area (Å²) in [4.78, 5) is 0. The molecule has 74 valence electrons. The van der Waals surface area contributed by atoms with E-state index in [0.29, 0.717) is 11.8 Å². The predicted octanol–water partition coefficient (Wildman–Crippen LogP) is 2.88. The van der Waals surface area contributed by atoms with Crippen molar-refractivity contribution in [3.05, 3.63) is 23.7 Å². The van der Waals surface area contributed by atoms with Gasteiger partial charge in [0.25, 0.3) is 0 Å². The Bertz CT molecular complexity index is 265. The Morgan fingerprint density at radius 2 is 1.85 bits per heavy atom. The molecule has 2 nitrogen and oxygen atoms in total.